The second kappa shape index (κ2) is 4.35. The fourth-order valence-electron chi connectivity index (χ4n) is 1.63. The van der Waals surface area contributed by atoms with Gasteiger partial charge in [-0.2, -0.15) is 0 Å². The first-order chi connectivity index (χ1) is 8.71. The number of nitrogens with two attached hydrogens (primary N) is 1. The first-order valence-electron chi connectivity index (χ1n) is 5.10. The molecule has 0 aliphatic carbocycles. The zero-order chi connectivity index (χ0) is 14.4. The third-order valence-electron chi connectivity index (χ3n) is 2.58. The van der Waals surface area contributed by atoms with E-state index in [0.29, 0.717) is 6.07 Å². The van der Waals surface area contributed by atoms with Crippen LogP contribution >= 0.6 is 0 Å². The summed E-state index contributed by atoms with van der Waals surface area (Å²) in [6.07, 6.45) is 0. The summed E-state index contributed by atoms with van der Waals surface area (Å²) in [5.41, 5.74) is 0.153. The number of hydrogen-bond acceptors (Lipinski definition) is 4. The average Bonchev–Trinajstić information content (AvgIpc) is 2.65. The first-order valence-corrected chi connectivity index (χ1v) is 6.64. The van der Waals surface area contributed by atoms with Gasteiger partial charge in [-0.3, -0.25) is 4.57 Å². The minimum absolute atomic E-state index is 0.0513. The molecule has 0 saturated heterocycles. The van der Waals surface area contributed by atoms with Gasteiger partial charge in [0.05, 0.1) is 5.56 Å². The van der Waals surface area contributed by atoms with Crippen LogP contribution in [-0.4, -0.2) is 23.2 Å². The second-order valence-electron chi connectivity index (χ2n) is 3.99. The molecule has 9 heteroatoms. The van der Waals surface area contributed by atoms with Crippen LogP contribution in [0.4, 0.5) is 8.78 Å². The van der Waals surface area contributed by atoms with E-state index in [1.807, 2.05) is 0 Å². The van der Waals surface area contributed by atoms with Gasteiger partial charge in [0.1, 0.15) is 11.6 Å². The van der Waals surface area contributed by atoms with Crippen LogP contribution in [-0.2, 0) is 17.1 Å². The lowest BCUT2D eigenvalue weighted by molar-refractivity contribution is 0.574. The highest BCUT2D eigenvalue weighted by Gasteiger charge is 2.21. The third kappa shape index (κ3) is 2.34. The quantitative estimate of drug-likeness (QED) is 0.881. The molecule has 0 bridgehead atoms. The molecule has 2 N–H and O–H groups in total. The van der Waals surface area contributed by atoms with Gasteiger partial charge < -0.3 is 0 Å². The van der Waals surface area contributed by atoms with Crippen molar-refractivity contribution in [2.45, 2.75) is 12.1 Å². The summed E-state index contributed by atoms with van der Waals surface area (Å²) in [7, 11) is -2.73. The summed E-state index contributed by atoms with van der Waals surface area (Å²) in [5, 5.41) is 11.4. The molecule has 2 rings (SSSR count). The van der Waals surface area contributed by atoms with Crippen LogP contribution in [0.25, 0.3) is 11.4 Å². The maximum absolute atomic E-state index is 13.7. The largest absolute Gasteiger partial charge is 0.300 e. The topological polar surface area (TPSA) is 90.9 Å². The van der Waals surface area contributed by atoms with Crippen LogP contribution in [0.5, 0.6) is 0 Å². The van der Waals surface area contributed by atoms with Crippen molar-refractivity contribution < 1.29 is 17.2 Å². The van der Waals surface area contributed by atoms with Gasteiger partial charge in [-0.15, -0.1) is 10.2 Å². The predicted molar refractivity (Wildman–Crippen MR) is 62.5 cm³/mol. The number of rotatable bonds is 2. The van der Waals surface area contributed by atoms with Gasteiger partial charge in [0.2, 0.25) is 0 Å². The maximum Gasteiger partial charge on any atom is 0.273 e. The van der Waals surface area contributed by atoms with Crippen LogP contribution in [0.3, 0.4) is 0 Å². The van der Waals surface area contributed by atoms with E-state index in [4.69, 9.17) is 5.14 Å². The molecule has 0 aliphatic rings. The van der Waals surface area contributed by atoms with Gasteiger partial charge in [-0.25, -0.2) is 22.3 Å². The number of nitrogens with zero attached hydrogens (tertiary/aromatic N) is 3. The van der Waals surface area contributed by atoms with Crippen molar-refractivity contribution in [2.75, 3.05) is 0 Å². The first kappa shape index (κ1) is 13.6. The standard InChI is InChI=1S/C10H10F2N4O2S/c1-5-3-6(8(12)4-7(5)11)9-14-15-10(16(9)2)19(13,17)18/h3-4H,1-2H3,(H2,13,17,18). The summed E-state index contributed by atoms with van der Waals surface area (Å²) in [4.78, 5) is 0. The van der Waals surface area contributed by atoms with Crippen molar-refractivity contribution >= 4 is 10.0 Å². The zero-order valence-corrected chi connectivity index (χ0v) is 10.9. The van der Waals surface area contributed by atoms with Crippen LogP contribution in [0.2, 0.25) is 0 Å². The molecule has 0 amide bonds. The van der Waals surface area contributed by atoms with Crippen LogP contribution in [0, 0.1) is 18.6 Å². The Bertz CT molecular complexity index is 755. The molecule has 0 radical (unpaired) electrons. The van der Waals surface area contributed by atoms with E-state index in [1.165, 1.54) is 20.0 Å². The van der Waals surface area contributed by atoms with Gasteiger partial charge in [0.25, 0.3) is 15.2 Å². The Balaban J connectivity index is 2.68. The number of aryl methyl sites for hydroxylation is 1. The normalized spacial score (nSPS) is 11.8. The number of hydrogen-bond donors (Lipinski definition) is 1. The Kier molecular flexibility index (Phi) is 3.11. The van der Waals surface area contributed by atoms with Crippen molar-refractivity contribution in [2.24, 2.45) is 12.2 Å². The molecule has 0 atom stereocenters. The molecule has 102 valence electrons. The highest BCUT2D eigenvalue weighted by molar-refractivity contribution is 7.89. The minimum Gasteiger partial charge on any atom is -0.300 e. The highest BCUT2D eigenvalue weighted by Crippen LogP contribution is 2.24. The zero-order valence-electron chi connectivity index (χ0n) is 10.1. The number of halogens is 2. The molecular weight excluding hydrogens is 278 g/mol. The second-order valence-corrected chi connectivity index (χ2v) is 5.45. The molecule has 19 heavy (non-hydrogen) atoms. The molecule has 0 aliphatic heterocycles. The molecule has 0 spiro atoms. The fraction of sp³-hybridized carbons (Fsp3) is 0.200. The van der Waals surface area contributed by atoms with Crippen LogP contribution in [0.1, 0.15) is 5.56 Å². The lowest BCUT2D eigenvalue weighted by Crippen LogP contribution is -2.17. The molecule has 0 unspecified atom stereocenters. The molecule has 1 heterocycles. The van der Waals surface area contributed by atoms with E-state index in [2.05, 4.69) is 10.2 Å². The lowest BCUT2D eigenvalue weighted by Gasteiger charge is -2.05. The smallest absolute Gasteiger partial charge is 0.273 e. The Morgan fingerprint density at radius 2 is 1.84 bits per heavy atom. The number of benzene rings is 1. The monoisotopic (exact) mass is 288 g/mol. The van der Waals surface area contributed by atoms with Gasteiger partial charge >= 0.3 is 0 Å². The van der Waals surface area contributed by atoms with Crippen molar-refractivity contribution in [1.29, 1.82) is 0 Å². The van der Waals surface area contributed by atoms with Gasteiger partial charge in [0.15, 0.2) is 5.82 Å². The van der Waals surface area contributed by atoms with Crippen LogP contribution < -0.4 is 5.14 Å². The Hall–Kier alpha value is -1.87. The highest BCUT2D eigenvalue weighted by atomic mass is 32.2. The molecule has 6 nitrogen and oxygen atoms in total. The maximum atomic E-state index is 13.7. The number of primary sulfonamides is 1. The van der Waals surface area contributed by atoms with Gasteiger partial charge in [-0.1, -0.05) is 0 Å². The predicted octanol–water partition coefficient (Wildman–Crippen LogP) is 0.716. The Morgan fingerprint density at radius 3 is 2.37 bits per heavy atom. The molecular formula is C10H10F2N4O2S. The molecule has 1 aromatic heterocycles. The summed E-state index contributed by atoms with van der Waals surface area (Å²) in [6.45, 7) is 1.45. The lowest BCUT2D eigenvalue weighted by atomic mass is 10.1. The van der Waals surface area contributed by atoms with Gasteiger partial charge in [-0.05, 0) is 18.6 Å². The molecule has 0 fully saturated rings. The number of aromatic nitrogens is 3. The van der Waals surface area contributed by atoms with E-state index >= 15 is 0 Å². The Labute approximate surface area is 107 Å². The molecule has 1 aromatic carbocycles. The summed E-state index contributed by atoms with van der Waals surface area (Å²) in [6, 6.07) is 1.93. The van der Waals surface area contributed by atoms with E-state index in [1.54, 1.807) is 0 Å². The molecule has 0 saturated carbocycles. The van der Waals surface area contributed by atoms with E-state index < -0.39 is 26.8 Å². The van der Waals surface area contributed by atoms with Crippen molar-refractivity contribution in [3.05, 3.63) is 29.3 Å². The number of sulfonamides is 1. The summed E-state index contributed by atoms with van der Waals surface area (Å²) < 4.78 is 50.3. The Morgan fingerprint density at radius 1 is 1.21 bits per heavy atom. The van der Waals surface area contributed by atoms with Crippen molar-refractivity contribution in [3.8, 4) is 11.4 Å². The van der Waals surface area contributed by atoms with E-state index in [0.717, 1.165) is 4.57 Å². The summed E-state index contributed by atoms with van der Waals surface area (Å²) >= 11 is 0. The van der Waals surface area contributed by atoms with Gasteiger partial charge in [0, 0.05) is 13.1 Å². The van der Waals surface area contributed by atoms with Crippen molar-refractivity contribution in [1.82, 2.24) is 14.8 Å². The minimum atomic E-state index is -4.06. The summed E-state index contributed by atoms with van der Waals surface area (Å²) in [5.74, 6) is -1.61. The average molecular weight is 288 g/mol. The molecule has 2 aromatic rings. The SMILES string of the molecule is Cc1cc(-c2nnc(S(N)(=O)=O)n2C)c(F)cc1F. The van der Waals surface area contributed by atoms with Crippen molar-refractivity contribution in [3.63, 3.8) is 0 Å². The fourth-order valence-corrected chi connectivity index (χ4v) is 2.25. The van der Waals surface area contributed by atoms with E-state index in [9.17, 15) is 17.2 Å². The van der Waals surface area contributed by atoms with Crippen LogP contribution in [0.15, 0.2) is 17.3 Å². The van der Waals surface area contributed by atoms with E-state index in [-0.39, 0.29) is 17.0 Å². The third-order valence-corrected chi connectivity index (χ3v) is 3.44.